The lowest BCUT2D eigenvalue weighted by Crippen LogP contribution is -2.15. The topological polar surface area (TPSA) is 73.6 Å². The van der Waals surface area contributed by atoms with Crippen molar-refractivity contribution in [2.75, 3.05) is 13.7 Å². The van der Waals surface area contributed by atoms with E-state index in [1.165, 1.54) is 12.0 Å². The van der Waals surface area contributed by atoms with Gasteiger partial charge in [0.05, 0.1) is 7.11 Å². The van der Waals surface area contributed by atoms with Crippen LogP contribution in [0.1, 0.15) is 35.5 Å². The Labute approximate surface area is 146 Å². The van der Waals surface area contributed by atoms with E-state index in [2.05, 4.69) is 19.2 Å². The quantitative estimate of drug-likeness (QED) is 0.676. The standard InChI is InChI=1S/C18H24N2O3S/c1-12(2)8-9-20-11-14-5-7-17(24-14)23-15-6-4-13(18(19)21)10-16(15)22-3/h4-7,10,12,20H,8-9,11H2,1-3H3,(H2,19,21). The molecule has 0 fully saturated rings. The number of hydrogen-bond acceptors (Lipinski definition) is 5. The number of methoxy groups -OCH3 is 1. The number of rotatable bonds is 9. The van der Waals surface area contributed by atoms with E-state index < -0.39 is 5.91 Å². The van der Waals surface area contributed by atoms with Crippen molar-refractivity contribution in [1.29, 1.82) is 0 Å². The number of carbonyl (C=O) groups is 1. The first-order valence-corrected chi connectivity index (χ1v) is 8.76. The molecule has 1 heterocycles. The summed E-state index contributed by atoms with van der Waals surface area (Å²) in [5.74, 6) is 1.25. The van der Waals surface area contributed by atoms with Crippen molar-refractivity contribution in [2.24, 2.45) is 11.7 Å². The average molecular weight is 348 g/mol. The van der Waals surface area contributed by atoms with Crippen LogP contribution < -0.4 is 20.5 Å². The van der Waals surface area contributed by atoms with E-state index in [1.807, 2.05) is 12.1 Å². The Kier molecular flexibility index (Phi) is 6.63. The summed E-state index contributed by atoms with van der Waals surface area (Å²) in [5, 5.41) is 4.21. The Morgan fingerprint density at radius 1 is 1.25 bits per heavy atom. The molecule has 130 valence electrons. The molecule has 2 aromatic rings. The number of thiophene rings is 1. The van der Waals surface area contributed by atoms with E-state index in [9.17, 15) is 4.79 Å². The van der Waals surface area contributed by atoms with Crippen molar-refractivity contribution in [2.45, 2.75) is 26.8 Å². The maximum atomic E-state index is 11.2. The number of benzene rings is 1. The molecule has 0 aliphatic rings. The first kappa shape index (κ1) is 18.3. The summed E-state index contributed by atoms with van der Waals surface area (Å²) in [4.78, 5) is 12.4. The molecule has 0 saturated carbocycles. The summed E-state index contributed by atoms with van der Waals surface area (Å²) in [6.45, 7) is 6.28. The minimum atomic E-state index is -0.495. The van der Waals surface area contributed by atoms with Crippen LogP contribution in [0, 0.1) is 5.92 Å². The monoisotopic (exact) mass is 348 g/mol. The highest BCUT2D eigenvalue weighted by molar-refractivity contribution is 7.13. The molecule has 0 bridgehead atoms. The van der Waals surface area contributed by atoms with Crippen molar-refractivity contribution in [1.82, 2.24) is 5.32 Å². The van der Waals surface area contributed by atoms with Gasteiger partial charge in [-0.2, -0.15) is 0 Å². The van der Waals surface area contributed by atoms with Crippen LogP contribution in [0.25, 0.3) is 0 Å². The maximum Gasteiger partial charge on any atom is 0.248 e. The molecule has 1 aromatic heterocycles. The average Bonchev–Trinajstić information content (AvgIpc) is 2.99. The Bertz CT molecular complexity index is 683. The van der Waals surface area contributed by atoms with Crippen LogP contribution in [-0.2, 0) is 6.54 Å². The van der Waals surface area contributed by atoms with Crippen molar-refractivity contribution >= 4 is 17.2 Å². The molecule has 0 unspecified atom stereocenters. The maximum absolute atomic E-state index is 11.2. The minimum Gasteiger partial charge on any atom is -0.493 e. The van der Waals surface area contributed by atoms with E-state index in [-0.39, 0.29) is 0 Å². The molecule has 2 rings (SSSR count). The number of ether oxygens (including phenoxy) is 2. The number of hydrogen-bond donors (Lipinski definition) is 2. The van der Waals surface area contributed by atoms with Crippen LogP contribution in [0.2, 0.25) is 0 Å². The predicted octanol–water partition coefficient (Wildman–Crippen LogP) is 3.78. The highest BCUT2D eigenvalue weighted by Crippen LogP contribution is 2.35. The van der Waals surface area contributed by atoms with Crippen molar-refractivity contribution in [3.63, 3.8) is 0 Å². The van der Waals surface area contributed by atoms with Crippen LogP contribution in [0.5, 0.6) is 16.6 Å². The molecule has 3 N–H and O–H groups in total. The summed E-state index contributed by atoms with van der Waals surface area (Å²) >= 11 is 1.58. The molecule has 24 heavy (non-hydrogen) atoms. The van der Waals surface area contributed by atoms with Crippen molar-refractivity contribution < 1.29 is 14.3 Å². The van der Waals surface area contributed by atoms with Gasteiger partial charge in [-0.1, -0.05) is 13.8 Å². The summed E-state index contributed by atoms with van der Waals surface area (Å²) in [5.41, 5.74) is 5.67. The first-order valence-electron chi connectivity index (χ1n) is 7.94. The zero-order valence-electron chi connectivity index (χ0n) is 14.3. The molecule has 0 spiro atoms. The number of primary amides is 1. The third kappa shape index (κ3) is 5.25. The van der Waals surface area contributed by atoms with Crippen LogP contribution >= 0.6 is 11.3 Å². The highest BCUT2D eigenvalue weighted by Gasteiger charge is 2.11. The van der Waals surface area contributed by atoms with Gasteiger partial charge >= 0.3 is 0 Å². The van der Waals surface area contributed by atoms with Crippen LogP contribution in [0.3, 0.4) is 0 Å². The molecular weight excluding hydrogens is 324 g/mol. The third-order valence-electron chi connectivity index (χ3n) is 3.49. The molecule has 0 aliphatic carbocycles. The lowest BCUT2D eigenvalue weighted by atomic mass is 10.1. The number of amides is 1. The lowest BCUT2D eigenvalue weighted by Gasteiger charge is -2.09. The normalized spacial score (nSPS) is 10.8. The smallest absolute Gasteiger partial charge is 0.248 e. The Morgan fingerprint density at radius 3 is 2.71 bits per heavy atom. The summed E-state index contributed by atoms with van der Waals surface area (Å²) < 4.78 is 11.2. The second kappa shape index (κ2) is 8.70. The van der Waals surface area contributed by atoms with E-state index in [0.717, 1.165) is 24.6 Å². The summed E-state index contributed by atoms with van der Waals surface area (Å²) in [7, 11) is 1.53. The molecule has 1 aromatic carbocycles. The third-order valence-corrected chi connectivity index (χ3v) is 4.46. The first-order chi connectivity index (χ1) is 11.5. The van der Waals surface area contributed by atoms with Gasteiger partial charge in [-0.15, -0.1) is 11.3 Å². The molecule has 1 amide bonds. The molecule has 0 radical (unpaired) electrons. The van der Waals surface area contributed by atoms with E-state index >= 15 is 0 Å². The SMILES string of the molecule is COc1cc(C(N)=O)ccc1Oc1ccc(CNCCC(C)C)s1. The molecule has 0 atom stereocenters. The van der Waals surface area contributed by atoms with Crippen LogP contribution in [0.15, 0.2) is 30.3 Å². The molecule has 6 heteroatoms. The largest absolute Gasteiger partial charge is 0.493 e. The van der Waals surface area contributed by atoms with Gasteiger partial charge in [-0.25, -0.2) is 0 Å². The van der Waals surface area contributed by atoms with Gasteiger partial charge in [0.15, 0.2) is 16.6 Å². The second-order valence-corrected chi connectivity index (χ2v) is 7.04. The van der Waals surface area contributed by atoms with Crippen molar-refractivity contribution in [3.8, 4) is 16.6 Å². The fraction of sp³-hybridized carbons (Fsp3) is 0.389. The zero-order chi connectivity index (χ0) is 17.5. The second-order valence-electron chi connectivity index (χ2n) is 5.91. The summed E-state index contributed by atoms with van der Waals surface area (Å²) in [6, 6.07) is 8.89. The van der Waals surface area contributed by atoms with E-state index in [4.69, 9.17) is 15.2 Å². The highest BCUT2D eigenvalue weighted by atomic mass is 32.1. The van der Waals surface area contributed by atoms with Crippen molar-refractivity contribution in [3.05, 3.63) is 40.8 Å². The zero-order valence-corrected chi connectivity index (χ0v) is 15.1. The van der Waals surface area contributed by atoms with Crippen LogP contribution in [0.4, 0.5) is 0 Å². The van der Waals surface area contributed by atoms with Gasteiger partial charge in [0.25, 0.3) is 0 Å². The predicted molar refractivity (Wildman–Crippen MR) is 97.1 cm³/mol. The molecular formula is C18H24N2O3S. The molecule has 0 saturated heterocycles. The van der Waals surface area contributed by atoms with E-state index in [1.54, 1.807) is 29.5 Å². The Balaban J connectivity index is 1.98. The van der Waals surface area contributed by atoms with Gasteiger partial charge in [-0.3, -0.25) is 4.79 Å². The minimum absolute atomic E-state index is 0.389. The number of nitrogens with one attached hydrogen (secondary N) is 1. The summed E-state index contributed by atoms with van der Waals surface area (Å²) in [6.07, 6.45) is 1.16. The fourth-order valence-corrected chi connectivity index (χ4v) is 2.96. The van der Waals surface area contributed by atoms with E-state index in [0.29, 0.717) is 23.0 Å². The van der Waals surface area contributed by atoms with Crippen LogP contribution in [-0.4, -0.2) is 19.6 Å². The van der Waals surface area contributed by atoms with Gasteiger partial charge in [0.2, 0.25) is 5.91 Å². The molecule has 0 aliphatic heterocycles. The Morgan fingerprint density at radius 2 is 2.04 bits per heavy atom. The van der Waals surface area contributed by atoms with Gasteiger partial charge in [0, 0.05) is 17.0 Å². The van der Waals surface area contributed by atoms with Gasteiger partial charge in [0.1, 0.15) is 0 Å². The number of nitrogens with two attached hydrogens (primary N) is 1. The van der Waals surface area contributed by atoms with Gasteiger partial charge in [-0.05, 0) is 49.2 Å². The van der Waals surface area contributed by atoms with Gasteiger partial charge < -0.3 is 20.5 Å². The Hall–Kier alpha value is -2.05. The fourth-order valence-electron chi connectivity index (χ4n) is 2.12. The number of carbonyl (C=O) groups excluding carboxylic acids is 1. The molecule has 5 nitrogen and oxygen atoms in total. The lowest BCUT2D eigenvalue weighted by molar-refractivity contribution is 0.1000.